The van der Waals surface area contributed by atoms with Gasteiger partial charge in [0.1, 0.15) is 12.7 Å². The number of esters is 4. The molecule has 2 aromatic rings. The van der Waals surface area contributed by atoms with E-state index in [0.717, 1.165) is 16.7 Å². The topological polar surface area (TPSA) is 124 Å². The van der Waals surface area contributed by atoms with E-state index in [4.69, 9.17) is 40.0 Å². The lowest BCUT2D eigenvalue weighted by atomic mass is 9.85. The molecule has 1 spiro atoms. The van der Waals surface area contributed by atoms with Gasteiger partial charge in [-0.1, -0.05) is 35.9 Å². The number of halogens is 1. The molecule has 0 unspecified atom stereocenters. The molecule has 2 aromatic carbocycles. The summed E-state index contributed by atoms with van der Waals surface area (Å²) in [6.45, 7) is 4.50. The first-order valence-corrected chi connectivity index (χ1v) is 12.7. The van der Waals surface area contributed by atoms with Gasteiger partial charge < -0.3 is 28.4 Å². The third-order valence-corrected chi connectivity index (χ3v) is 6.60. The fraction of sp³-hybridized carbons (Fsp3) is 0.429. The first-order valence-electron chi connectivity index (χ1n) is 12.3. The Morgan fingerprint density at radius 2 is 1.46 bits per heavy atom. The van der Waals surface area contributed by atoms with Gasteiger partial charge in [0.15, 0.2) is 12.2 Å². The molecule has 0 aromatic heterocycles. The molecule has 2 aliphatic rings. The number of fused-ring (bicyclic) bond motifs is 2. The molecule has 1 saturated heterocycles. The first-order chi connectivity index (χ1) is 18.5. The summed E-state index contributed by atoms with van der Waals surface area (Å²) in [6, 6.07) is 13.1. The Bertz CT molecular complexity index is 1260. The predicted molar refractivity (Wildman–Crippen MR) is 135 cm³/mol. The van der Waals surface area contributed by atoms with Gasteiger partial charge in [-0.25, -0.2) is 0 Å². The van der Waals surface area contributed by atoms with Gasteiger partial charge in [0, 0.05) is 38.3 Å². The van der Waals surface area contributed by atoms with Gasteiger partial charge in [0.2, 0.25) is 11.9 Å². The van der Waals surface area contributed by atoms with Crippen LogP contribution in [0.2, 0.25) is 5.02 Å². The molecular weight excluding hydrogens is 532 g/mol. The van der Waals surface area contributed by atoms with E-state index in [9.17, 15) is 19.2 Å². The van der Waals surface area contributed by atoms with Gasteiger partial charge in [-0.15, -0.1) is 0 Å². The Labute approximate surface area is 230 Å². The number of carbonyl (C=O) groups excluding carboxylic acids is 4. The highest BCUT2D eigenvalue weighted by Crippen LogP contribution is 2.49. The Hall–Kier alpha value is -3.47. The van der Waals surface area contributed by atoms with Crippen LogP contribution in [0, 0.1) is 0 Å². The van der Waals surface area contributed by atoms with Crippen LogP contribution in [0.5, 0.6) is 0 Å². The molecule has 5 atom stereocenters. The smallest absolute Gasteiger partial charge is 0.303 e. The van der Waals surface area contributed by atoms with Crippen LogP contribution in [0.4, 0.5) is 0 Å². The Morgan fingerprint density at radius 1 is 0.846 bits per heavy atom. The average molecular weight is 561 g/mol. The number of benzene rings is 2. The van der Waals surface area contributed by atoms with E-state index in [0.29, 0.717) is 17.0 Å². The summed E-state index contributed by atoms with van der Waals surface area (Å²) < 4.78 is 34.5. The summed E-state index contributed by atoms with van der Waals surface area (Å²) in [5, 5.41) is 0.623. The van der Waals surface area contributed by atoms with Crippen molar-refractivity contribution in [1.82, 2.24) is 0 Å². The van der Waals surface area contributed by atoms with Crippen molar-refractivity contribution in [2.24, 2.45) is 0 Å². The summed E-state index contributed by atoms with van der Waals surface area (Å²) in [5.41, 5.74) is 3.21. The van der Waals surface area contributed by atoms with Gasteiger partial charge in [-0.05, 0) is 41.3 Å². The zero-order chi connectivity index (χ0) is 28.3. The van der Waals surface area contributed by atoms with E-state index in [1.807, 2.05) is 30.3 Å². The molecular formula is C28H29ClO10. The Balaban J connectivity index is 1.81. The van der Waals surface area contributed by atoms with E-state index in [2.05, 4.69) is 0 Å². The lowest BCUT2D eigenvalue weighted by Gasteiger charge is -2.49. The predicted octanol–water partition coefficient (Wildman–Crippen LogP) is 3.37. The molecule has 11 heteroatoms. The van der Waals surface area contributed by atoms with Crippen molar-refractivity contribution in [2.75, 3.05) is 6.61 Å². The molecule has 4 rings (SSSR count). The third kappa shape index (κ3) is 6.41. The lowest BCUT2D eigenvalue weighted by molar-refractivity contribution is -0.370. The Morgan fingerprint density at radius 3 is 2.08 bits per heavy atom. The van der Waals surface area contributed by atoms with Crippen molar-refractivity contribution in [3.63, 3.8) is 0 Å². The molecule has 2 aliphatic heterocycles. The van der Waals surface area contributed by atoms with Crippen LogP contribution in [-0.4, -0.2) is 54.9 Å². The Kier molecular flexibility index (Phi) is 8.58. The fourth-order valence-electron chi connectivity index (χ4n) is 4.88. The van der Waals surface area contributed by atoms with Crippen molar-refractivity contribution in [3.05, 3.63) is 69.7 Å². The van der Waals surface area contributed by atoms with Gasteiger partial charge in [0.05, 0.1) is 6.61 Å². The number of hydrogen-bond acceptors (Lipinski definition) is 10. The average Bonchev–Trinajstić information content (AvgIpc) is 3.21. The van der Waals surface area contributed by atoms with Crippen molar-refractivity contribution in [3.8, 4) is 0 Å². The molecule has 39 heavy (non-hydrogen) atoms. The van der Waals surface area contributed by atoms with Crippen molar-refractivity contribution in [2.45, 2.75) is 70.9 Å². The van der Waals surface area contributed by atoms with Crippen LogP contribution in [-0.2, 0) is 66.4 Å². The van der Waals surface area contributed by atoms with Crippen LogP contribution in [0.25, 0.3) is 0 Å². The van der Waals surface area contributed by atoms with Gasteiger partial charge in [-0.2, -0.15) is 0 Å². The quantitative estimate of drug-likeness (QED) is 0.368. The summed E-state index contributed by atoms with van der Waals surface area (Å²) >= 11 is 6.03. The molecule has 1 fully saturated rings. The second-order valence-electron chi connectivity index (χ2n) is 9.39. The van der Waals surface area contributed by atoms with E-state index in [1.165, 1.54) is 27.7 Å². The molecule has 0 radical (unpaired) electrons. The van der Waals surface area contributed by atoms with E-state index < -0.39 is 54.1 Å². The van der Waals surface area contributed by atoms with Crippen molar-refractivity contribution >= 4 is 35.5 Å². The van der Waals surface area contributed by atoms with Crippen molar-refractivity contribution < 1.29 is 47.6 Å². The first kappa shape index (κ1) is 28.5. The van der Waals surface area contributed by atoms with Crippen LogP contribution in [0.1, 0.15) is 49.9 Å². The highest BCUT2D eigenvalue weighted by molar-refractivity contribution is 6.30. The van der Waals surface area contributed by atoms with Crippen LogP contribution in [0.3, 0.4) is 0 Å². The van der Waals surface area contributed by atoms with Crippen LogP contribution in [0.15, 0.2) is 42.5 Å². The maximum atomic E-state index is 12.3. The number of carbonyl (C=O) groups is 4. The van der Waals surface area contributed by atoms with Crippen LogP contribution < -0.4 is 0 Å². The number of rotatable bonds is 7. The third-order valence-electron chi connectivity index (χ3n) is 6.35. The summed E-state index contributed by atoms with van der Waals surface area (Å²) in [7, 11) is 0. The number of ether oxygens (including phenoxy) is 6. The van der Waals surface area contributed by atoms with Gasteiger partial charge >= 0.3 is 23.9 Å². The highest BCUT2D eigenvalue weighted by Gasteiger charge is 2.64. The minimum absolute atomic E-state index is 0.0969. The monoisotopic (exact) mass is 560 g/mol. The zero-order valence-corrected chi connectivity index (χ0v) is 22.7. The molecule has 0 bridgehead atoms. The van der Waals surface area contributed by atoms with E-state index in [-0.39, 0.29) is 13.2 Å². The largest absolute Gasteiger partial charge is 0.463 e. The molecule has 0 N–H and O–H groups in total. The maximum Gasteiger partial charge on any atom is 0.303 e. The van der Waals surface area contributed by atoms with Crippen LogP contribution >= 0.6 is 11.6 Å². The van der Waals surface area contributed by atoms with Crippen molar-refractivity contribution in [1.29, 1.82) is 0 Å². The second-order valence-corrected chi connectivity index (χ2v) is 9.82. The molecule has 208 valence electrons. The molecule has 0 saturated carbocycles. The lowest BCUT2D eigenvalue weighted by Crippen LogP contribution is -2.66. The minimum Gasteiger partial charge on any atom is -0.463 e. The SMILES string of the molecule is CC(=O)OC[C@H]1O[C@]2(OCc3ccc(Cc4ccc(Cl)cc4)cc32)[C@H](OC(C)=O)[C@@H](OC(C)=O)[C@@H]1OC(C)=O. The van der Waals surface area contributed by atoms with E-state index in [1.54, 1.807) is 12.1 Å². The molecule has 0 amide bonds. The minimum atomic E-state index is -1.75. The summed E-state index contributed by atoms with van der Waals surface area (Å²) in [4.78, 5) is 48.2. The maximum absolute atomic E-state index is 12.3. The van der Waals surface area contributed by atoms with Gasteiger partial charge in [-0.3, -0.25) is 19.2 Å². The van der Waals surface area contributed by atoms with E-state index >= 15 is 0 Å². The summed E-state index contributed by atoms with van der Waals surface area (Å²) in [5.74, 6) is -4.47. The normalized spacial score (nSPS) is 25.5. The zero-order valence-electron chi connectivity index (χ0n) is 21.9. The number of hydrogen-bond donors (Lipinski definition) is 0. The summed E-state index contributed by atoms with van der Waals surface area (Å²) in [6.07, 6.45) is -4.54. The fourth-order valence-corrected chi connectivity index (χ4v) is 5.01. The standard InChI is InChI=1S/C28H29ClO10/c1-15(30)34-14-24-25(36-16(2)31)26(37-17(3)32)27(38-18(4)33)28(39-24)23-12-20(5-8-21(23)13-35-28)11-19-6-9-22(29)10-7-19/h5-10,12,24-27H,11,13-14H2,1-4H3/t24-,25-,26+,27-,28+/m1/s1. The molecule has 2 heterocycles. The molecule has 0 aliphatic carbocycles. The highest BCUT2D eigenvalue weighted by atomic mass is 35.5. The molecule has 10 nitrogen and oxygen atoms in total. The van der Waals surface area contributed by atoms with Gasteiger partial charge in [0.25, 0.3) is 0 Å². The second kappa shape index (κ2) is 11.7.